The SMILES string of the molecule is N#Cc1c(-c2cccc(C(=O)NC3CCNC3)c2)cc(-c2ccccc2N)nc1NC(=O)c1ccc(Cl)cc1. The molecule has 1 fully saturated rings. The van der Waals surface area contributed by atoms with Gasteiger partial charge in [0.05, 0.1) is 5.69 Å². The van der Waals surface area contributed by atoms with E-state index in [9.17, 15) is 14.9 Å². The standard InChI is InChI=1S/C30H25ClN6O2/c31-21-10-8-18(9-11-21)29(38)37-28-25(16-32)24(15-27(36-28)23-6-1-2-7-26(23)33)19-4-3-5-20(14-19)30(39)35-22-12-13-34-17-22/h1-11,14-15,22,34H,12-13,17,33H2,(H,35,39)(H,36,37,38). The topological polar surface area (TPSA) is 133 Å². The number of nitrogens with two attached hydrogens (primary N) is 1. The molecule has 1 unspecified atom stereocenters. The zero-order chi connectivity index (χ0) is 27.4. The van der Waals surface area contributed by atoms with Gasteiger partial charge in [0.2, 0.25) is 0 Å². The van der Waals surface area contributed by atoms with Crippen molar-refractivity contribution in [2.45, 2.75) is 12.5 Å². The van der Waals surface area contributed by atoms with Crippen molar-refractivity contribution < 1.29 is 9.59 Å². The van der Waals surface area contributed by atoms with Crippen molar-refractivity contribution >= 4 is 34.9 Å². The largest absolute Gasteiger partial charge is 0.398 e. The first kappa shape index (κ1) is 25.9. The van der Waals surface area contributed by atoms with Crippen LogP contribution in [0.4, 0.5) is 11.5 Å². The molecule has 3 aromatic carbocycles. The number of halogens is 1. The lowest BCUT2D eigenvalue weighted by Crippen LogP contribution is -2.36. The molecular formula is C30H25ClN6O2. The quantitative estimate of drug-likeness (QED) is 0.260. The number of anilines is 2. The second-order valence-electron chi connectivity index (χ2n) is 9.18. The van der Waals surface area contributed by atoms with Crippen molar-refractivity contribution in [3.8, 4) is 28.5 Å². The fourth-order valence-corrected chi connectivity index (χ4v) is 4.63. The highest BCUT2D eigenvalue weighted by atomic mass is 35.5. The van der Waals surface area contributed by atoms with Gasteiger partial charge in [-0.15, -0.1) is 0 Å². The fraction of sp³-hybridized carbons (Fsp3) is 0.133. The van der Waals surface area contributed by atoms with Crippen LogP contribution in [0.2, 0.25) is 5.02 Å². The Morgan fingerprint density at radius 2 is 1.77 bits per heavy atom. The molecule has 2 heterocycles. The number of aromatic nitrogens is 1. The predicted molar refractivity (Wildman–Crippen MR) is 152 cm³/mol. The zero-order valence-corrected chi connectivity index (χ0v) is 21.6. The molecule has 1 aliphatic rings. The van der Waals surface area contributed by atoms with Gasteiger partial charge in [0, 0.05) is 45.6 Å². The third-order valence-corrected chi connectivity index (χ3v) is 6.79. The molecule has 4 aromatic rings. The van der Waals surface area contributed by atoms with Gasteiger partial charge in [-0.2, -0.15) is 5.26 Å². The summed E-state index contributed by atoms with van der Waals surface area (Å²) in [5, 5.41) is 19.8. The van der Waals surface area contributed by atoms with E-state index in [0.29, 0.717) is 44.2 Å². The summed E-state index contributed by atoms with van der Waals surface area (Å²) in [6, 6.07) is 24.7. The van der Waals surface area contributed by atoms with E-state index in [1.165, 1.54) is 0 Å². The molecule has 8 nitrogen and oxygen atoms in total. The number of carbonyl (C=O) groups excluding carboxylic acids is 2. The minimum absolute atomic E-state index is 0.0686. The van der Waals surface area contributed by atoms with E-state index in [0.717, 1.165) is 19.5 Å². The first-order chi connectivity index (χ1) is 18.9. The van der Waals surface area contributed by atoms with E-state index in [-0.39, 0.29) is 23.3 Å². The summed E-state index contributed by atoms with van der Waals surface area (Å²) < 4.78 is 0. The maximum atomic E-state index is 13.1. The highest BCUT2D eigenvalue weighted by Crippen LogP contribution is 2.34. The predicted octanol–water partition coefficient (Wildman–Crippen LogP) is 4.87. The second-order valence-corrected chi connectivity index (χ2v) is 9.62. The average Bonchev–Trinajstić information content (AvgIpc) is 3.46. The van der Waals surface area contributed by atoms with Crippen molar-refractivity contribution in [1.82, 2.24) is 15.6 Å². The van der Waals surface area contributed by atoms with Gasteiger partial charge in [0.1, 0.15) is 11.6 Å². The lowest BCUT2D eigenvalue weighted by molar-refractivity contribution is 0.0939. The number of pyridine rings is 1. The Kier molecular flexibility index (Phi) is 7.55. The molecule has 9 heteroatoms. The Morgan fingerprint density at radius 1 is 0.974 bits per heavy atom. The van der Waals surface area contributed by atoms with Crippen LogP contribution in [0.25, 0.3) is 22.4 Å². The van der Waals surface area contributed by atoms with Gasteiger partial charge < -0.3 is 21.7 Å². The number of benzene rings is 3. The molecule has 1 saturated heterocycles. The molecular weight excluding hydrogens is 512 g/mol. The molecule has 39 heavy (non-hydrogen) atoms. The van der Waals surface area contributed by atoms with E-state index < -0.39 is 5.91 Å². The lowest BCUT2D eigenvalue weighted by atomic mass is 9.96. The van der Waals surface area contributed by atoms with Crippen LogP contribution in [0, 0.1) is 11.3 Å². The second kappa shape index (κ2) is 11.4. The van der Waals surface area contributed by atoms with Crippen molar-refractivity contribution in [3.63, 3.8) is 0 Å². The fourth-order valence-electron chi connectivity index (χ4n) is 4.50. The Morgan fingerprint density at radius 3 is 2.49 bits per heavy atom. The van der Waals surface area contributed by atoms with E-state index in [1.54, 1.807) is 54.6 Å². The van der Waals surface area contributed by atoms with Gasteiger partial charge in [-0.05, 0) is 67.1 Å². The molecule has 1 atom stereocenters. The maximum absolute atomic E-state index is 13.1. The number of para-hydroxylation sites is 1. The van der Waals surface area contributed by atoms with Crippen molar-refractivity contribution in [1.29, 1.82) is 5.26 Å². The van der Waals surface area contributed by atoms with Crippen LogP contribution in [0.5, 0.6) is 0 Å². The minimum Gasteiger partial charge on any atom is -0.398 e. The minimum atomic E-state index is -0.446. The summed E-state index contributed by atoms with van der Waals surface area (Å²) in [5.74, 6) is -0.555. The number of hydrogen-bond acceptors (Lipinski definition) is 6. The Balaban J connectivity index is 1.59. The average molecular weight is 537 g/mol. The summed E-state index contributed by atoms with van der Waals surface area (Å²) in [4.78, 5) is 30.7. The molecule has 0 radical (unpaired) electrons. The van der Waals surface area contributed by atoms with E-state index in [4.69, 9.17) is 17.3 Å². The number of amides is 2. The summed E-state index contributed by atoms with van der Waals surface area (Å²) >= 11 is 5.97. The molecule has 194 valence electrons. The van der Waals surface area contributed by atoms with Gasteiger partial charge >= 0.3 is 0 Å². The first-order valence-electron chi connectivity index (χ1n) is 12.4. The highest BCUT2D eigenvalue weighted by molar-refractivity contribution is 6.30. The molecule has 5 rings (SSSR count). The summed E-state index contributed by atoms with van der Waals surface area (Å²) in [7, 11) is 0. The normalized spacial score (nSPS) is 14.4. The van der Waals surface area contributed by atoms with Crippen molar-refractivity contribution in [2.24, 2.45) is 0 Å². The maximum Gasteiger partial charge on any atom is 0.256 e. The van der Waals surface area contributed by atoms with Crippen LogP contribution in [-0.2, 0) is 0 Å². The molecule has 1 aliphatic heterocycles. The van der Waals surface area contributed by atoms with Crippen LogP contribution in [0.3, 0.4) is 0 Å². The number of nitrogen functional groups attached to an aromatic ring is 1. The molecule has 1 aromatic heterocycles. The number of hydrogen-bond donors (Lipinski definition) is 4. The third kappa shape index (κ3) is 5.75. The number of nitrogens with zero attached hydrogens (tertiary/aromatic N) is 2. The Bertz CT molecular complexity index is 1590. The number of rotatable bonds is 6. The number of nitrogens with one attached hydrogen (secondary N) is 3. The molecule has 0 spiro atoms. The van der Waals surface area contributed by atoms with Gasteiger partial charge in [0.15, 0.2) is 5.82 Å². The highest BCUT2D eigenvalue weighted by Gasteiger charge is 2.21. The van der Waals surface area contributed by atoms with Gasteiger partial charge in [-0.25, -0.2) is 4.98 Å². The first-order valence-corrected chi connectivity index (χ1v) is 12.8. The van der Waals surface area contributed by atoms with Crippen LogP contribution in [0.1, 0.15) is 32.7 Å². The molecule has 2 amide bonds. The van der Waals surface area contributed by atoms with Gasteiger partial charge in [-0.1, -0.05) is 41.9 Å². The lowest BCUT2D eigenvalue weighted by Gasteiger charge is -2.16. The van der Waals surface area contributed by atoms with E-state index in [2.05, 4.69) is 27.0 Å². The zero-order valence-electron chi connectivity index (χ0n) is 20.9. The smallest absolute Gasteiger partial charge is 0.256 e. The van der Waals surface area contributed by atoms with Crippen LogP contribution in [-0.4, -0.2) is 35.9 Å². The van der Waals surface area contributed by atoms with E-state index >= 15 is 0 Å². The molecule has 0 bridgehead atoms. The summed E-state index contributed by atoms with van der Waals surface area (Å²) in [5.41, 5.74) is 9.98. The molecule has 0 aliphatic carbocycles. The summed E-state index contributed by atoms with van der Waals surface area (Å²) in [6.07, 6.45) is 0.868. The molecule has 5 N–H and O–H groups in total. The Labute approximate surface area is 230 Å². The number of nitriles is 1. The van der Waals surface area contributed by atoms with Crippen LogP contribution in [0.15, 0.2) is 78.9 Å². The van der Waals surface area contributed by atoms with Crippen LogP contribution >= 0.6 is 11.6 Å². The van der Waals surface area contributed by atoms with Crippen molar-refractivity contribution in [2.75, 3.05) is 24.1 Å². The Hall–Kier alpha value is -4.71. The van der Waals surface area contributed by atoms with Gasteiger partial charge in [0.25, 0.3) is 11.8 Å². The summed E-state index contributed by atoms with van der Waals surface area (Å²) in [6.45, 7) is 1.59. The van der Waals surface area contributed by atoms with E-state index in [1.807, 2.05) is 24.3 Å². The van der Waals surface area contributed by atoms with Gasteiger partial charge in [-0.3, -0.25) is 9.59 Å². The third-order valence-electron chi connectivity index (χ3n) is 6.54. The van der Waals surface area contributed by atoms with Crippen LogP contribution < -0.4 is 21.7 Å². The van der Waals surface area contributed by atoms with Crippen molar-refractivity contribution in [3.05, 3.63) is 101 Å². The molecule has 0 saturated carbocycles. The monoisotopic (exact) mass is 536 g/mol. The number of carbonyl (C=O) groups is 2.